The van der Waals surface area contributed by atoms with Gasteiger partial charge >= 0.3 is 6.18 Å². The second kappa shape index (κ2) is 5.14. The molecule has 1 N–H and O–H groups in total. The van der Waals surface area contributed by atoms with Gasteiger partial charge in [0, 0.05) is 0 Å². The van der Waals surface area contributed by atoms with Crippen molar-refractivity contribution in [3.8, 4) is 0 Å². The number of hydrogen-bond donors (Lipinski definition) is 1. The van der Waals surface area contributed by atoms with Crippen molar-refractivity contribution >= 4 is 0 Å². The van der Waals surface area contributed by atoms with Crippen molar-refractivity contribution in [2.45, 2.75) is 44.4 Å². The Kier molecular flexibility index (Phi) is 3.98. The molecule has 5 heteroatoms. The summed E-state index contributed by atoms with van der Waals surface area (Å²) in [5.41, 5.74) is 0. The van der Waals surface area contributed by atoms with E-state index in [1.54, 1.807) is 0 Å². The van der Waals surface area contributed by atoms with Crippen molar-refractivity contribution in [2.24, 2.45) is 17.8 Å². The van der Waals surface area contributed by atoms with Crippen LogP contribution in [0.5, 0.6) is 0 Å². The third-order valence-electron chi connectivity index (χ3n) is 4.04. The minimum atomic E-state index is -4.30. The fourth-order valence-corrected chi connectivity index (χ4v) is 3.39. The van der Waals surface area contributed by atoms with Gasteiger partial charge in [-0.05, 0) is 43.4 Å². The van der Waals surface area contributed by atoms with Crippen LogP contribution in [0.25, 0.3) is 0 Å². The number of aliphatic hydroxyl groups is 1. The molecule has 2 bridgehead atoms. The lowest BCUT2D eigenvalue weighted by Crippen LogP contribution is -2.26. The Morgan fingerprint density at radius 3 is 2.53 bits per heavy atom. The Labute approximate surface area is 99.1 Å². The molecular weight excluding hydrogens is 233 g/mol. The van der Waals surface area contributed by atoms with E-state index in [0.717, 1.165) is 12.3 Å². The zero-order valence-electron chi connectivity index (χ0n) is 9.75. The van der Waals surface area contributed by atoms with Crippen molar-refractivity contribution in [3.05, 3.63) is 0 Å². The van der Waals surface area contributed by atoms with E-state index in [2.05, 4.69) is 4.74 Å². The van der Waals surface area contributed by atoms with Gasteiger partial charge in [0.1, 0.15) is 6.61 Å². The largest absolute Gasteiger partial charge is 0.411 e. The standard InChI is InChI=1S/C12H19F3O2/c13-12(14,15)7-17-6-11(16)5-10-4-8-1-2-9(10)3-8/h8-11,16H,1-7H2. The zero-order valence-corrected chi connectivity index (χ0v) is 9.75. The molecule has 100 valence electrons. The maximum atomic E-state index is 11.8. The van der Waals surface area contributed by atoms with E-state index < -0.39 is 18.9 Å². The van der Waals surface area contributed by atoms with E-state index in [9.17, 15) is 18.3 Å². The fraction of sp³-hybridized carbons (Fsp3) is 1.00. The van der Waals surface area contributed by atoms with Crippen LogP contribution >= 0.6 is 0 Å². The molecule has 17 heavy (non-hydrogen) atoms. The van der Waals surface area contributed by atoms with Crippen LogP contribution in [-0.2, 0) is 4.74 Å². The van der Waals surface area contributed by atoms with Gasteiger partial charge in [-0.25, -0.2) is 0 Å². The molecule has 0 aromatic carbocycles. The molecule has 4 unspecified atom stereocenters. The average molecular weight is 252 g/mol. The highest BCUT2D eigenvalue weighted by Gasteiger charge is 2.40. The van der Waals surface area contributed by atoms with Crippen LogP contribution in [0, 0.1) is 17.8 Å². The van der Waals surface area contributed by atoms with Crippen LogP contribution < -0.4 is 0 Å². The van der Waals surface area contributed by atoms with Crippen LogP contribution in [0.1, 0.15) is 32.1 Å². The van der Waals surface area contributed by atoms with Crippen molar-refractivity contribution in [1.29, 1.82) is 0 Å². The van der Waals surface area contributed by atoms with Gasteiger partial charge in [0.2, 0.25) is 0 Å². The Morgan fingerprint density at radius 1 is 1.24 bits per heavy atom. The number of fused-ring (bicyclic) bond motifs is 2. The van der Waals surface area contributed by atoms with E-state index in [-0.39, 0.29) is 6.61 Å². The van der Waals surface area contributed by atoms with Crippen LogP contribution in [-0.4, -0.2) is 30.6 Å². The van der Waals surface area contributed by atoms with Gasteiger partial charge in [-0.1, -0.05) is 6.42 Å². The Morgan fingerprint density at radius 2 is 2.00 bits per heavy atom. The first-order valence-electron chi connectivity index (χ1n) is 6.26. The summed E-state index contributed by atoms with van der Waals surface area (Å²) in [6.45, 7) is -1.46. The van der Waals surface area contributed by atoms with Crippen LogP contribution in [0.2, 0.25) is 0 Å². The van der Waals surface area contributed by atoms with Crippen molar-refractivity contribution in [2.75, 3.05) is 13.2 Å². The molecular formula is C12H19F3O2. The Balaban J connectivity index is 1.63. The smallest absolute Gasteiger partial charge is 0.391 e. The molecule has 2 nitrogen and oxygen atoms in total. The lowest BCUT2D eigenvalue weighted by Gasteiger charge is -2.24. The zero-order chi connectivity index (χ0) is 12.5. The lowest BCUT2D eigenvalue weighted by atomic mass is 9.85. The normalized spacial score (nSPS) is 34.2. The topological polar surface area (TPSA) is 29.5 Å². The first kappa shape index (κ1) is 13.1. The second-order valence-corrected chi connectivity index (χ2v) is 5.45. The molecule has 2 saturated carbocycles. The molecule has 0 radical (unpaired) electrons. The molecule has 0 spiro atoms. The maximum absolute atomic E-state index is 11.8. The van der Waals surface area contributed by atoms with Gasteiger partial charge in [0.25, 0.3) is 0 Å². The number of rotatable bonds is 5. The molecule has 0 aliphatic heterocycles. The summed E-state index contributed by atoms with van der Waals surface area (Å²) in [5, 5.41) is 9.64. The average Bonchev–Trinajstić information content (AvgIpc) is 2.76. The number of hydrogen-bond acceptors (Lipinski definition) is 2. The lowest BCUT2D eigenvalue weighted by molar-refractivity contribution is -0.179. The van der Waals surface area contributed by atoms with Gasteiger partial charge in [0.05, 0.1) is 12.7 Å². The fourth-order valence-electron chi connectivity index (χ4n) is 3.39. The van der Waals surface area contributed by atoms with Gasteiger partial charge in [-0.15, -0.1) is 0 Å². The maximum Gasteiger partial charge on any atom is 0.411 e. The summed E-state index contributed by atoms with van der Waals surface area (Å²) >= 11 is 0. The van der Waals surface area contributed by atoms with Crippen molar-refractivity contribution < 1.29 is 23.0 Å². The number of ether oxygens (including phenoxy) is 1. The predicted octanol–water partition coefficient (Wildman–Crippen LogP) is 2.75. The van der Waals surface area contributed by atoms with Gasteiger partial charge in [-0.2, -0.15) is 13.2 Å². The third kappa shape index (κ3) is 3.85. The van der Waals surface area contributed by atoms with Crippen molar-refractivity contribution in [1.82, 2.24) is 0 Å². The summed E-state index contributed by atoms with van der Waals surface area (Å²) in [6, 6.07) is 0. The molecule has 2 rings (SSSR count). The van der Waals surface area contributed by atoms with E-state index >= 15 is 0 Å². The molecule has 0 aromatic heterocycles. The SMILES string of the molecule is OC(COCC(F)(F)F)CC1CC2CCC1C2. The highest BCUT2D eigenvalue weighted by molar-refractivity contribution is 4.90. The van der Waals surface area contributed by atoms with E-state index in [1.807, 2.05) is 0 Å². The number of alkyl halides is 3. The quantitative estimate of drug-likeness (QED) is 0.815. The summed E-state index contributed by atoms with van der Waals surface area (Å²) in [7, 11) is 0. The molecule has 4 atom stereocenters. The van der Waals surface area contributed by atoms with Crippen LogP contribution in [0.15, 0.2) is 0 Å². The van der Waals surface area contributed by atoms with E-state index in [0.29, 0.717) is 18.3 Å². The van der Waals surface area contributed by atoms with E-state index in [4.69, 9.17) is 0 Å². The molecule has 0 saturated heterocycles. The van der Waals surface area contributed by atoms with Crippen LogP contribution in [0.4, 0.5) is 13.2 Å². The first-order valence-corrected chi connectivity index (χ1v) is 6.26. The highest BCUT2D eigenvalue weighted by Crippen LogP contribution is 2.49. The minimum Gasteiger partial charge on any atom is -0.391 e. The third-order valence-corrected chi connectivity index (χ3v) is 4.04. The van der Waals surface area contributed by atoms with E-state index in [1.165, 1.54) is 19.3 Å². The van der Waals surface area contributed by atoms with Gasteiger partial charge in [0.15, 0.2) is 0 Å². The molecule has 0 amide bonds. The molecule has 2 aliphatic rings. The Bertz CT molecular complexity index is 255. The summed E-state index contributed by atoms with van der Waals surface area (Å²) in [5.74, 6) is 1.99. The van der Waals surface area contributed by atoms with Gasteiger partial charge in [-0.3, -0.25) is 0 Å². The molecule has 0 aromatic rings. The Hall–Kier alpha value is -0.290. The van der Waals surface area contributed by atoms with Crippen LogP contribution in [0.3, 0.4) is 0 Å². The van der Waals surface area contributed by atoms with Crippen molar-refractivity contribution in [3.63, 3.8) is 0 Å². The van der Waals surface area contributed by atoms with Gasteiger partial charge < -0.3 is 9.84 Å². The number of halogens is 3. The monoisotopic (exact) mass is 252 g/mol. The highest BCUT2D eigenvalue weighted by atomic mass is 19.4. The first-order chi connectivity index (χ1) is 7.94. The summed E-state index contributed by atoms with van der Waals surface area (Å²) in [4.78, 5) is 0. The minimum absolute atomic E-state index is 0.201. The summed E-state index contributed by atoms with van der Waals surface area (Å²) in [6.07, 6.45) is 0.460. The number of aliphatic hydroxyl groups excluding tert-OH is 1. The predicted molar refractivity (Wildman–Crippen MR) is 56.4 cm³/mol. The molecule has 2 aliphatic carbocycles. The second-order valence-electron chi connectivity index (χ2n) is 5.45. The summed E-state index contributed by atoms with van der Waals surface area (Å²) < 4.78 is 40.0. The molecule has 0 heterocycles. The molecule has 2 fully saturated rings.